The molecular weight excluding hydrogens is 348 g/mol. The van der Waals surface area contributed by atoms with E-state index >= 15 is 0 Å². The Labute approximate surface area is 172 Å². The lowest BCUT2D eigenvalue weighted by molar-refractivity contribution is -0.0689. The molecule has 162 valence electrons. The summed E-state index contributed by atoms with van der Waals surface area (Å²) in [5, 5.41) is 0. The van der Waals surface area contributed by atoms with Crippen molar-refractivity contribution in [2.24, 2.45) is 23.3 Å². The Morgan fingerprint density at radius 1 is 0.357 bits per heavy atom. The summed E-state index contributed by atoms with van der Waals surface area (Å²) in [4.78, 5) is 0. The van der Waals surface area contributed by atoms with Gasteiger partial charge in [-0.1, -0.05) is 0 Å². The quantitative estimate of drug-likeness (QED) is 0.713. The van der Waals surface area contributed by atoms with Crippen LogP contribution in [0.15, 0.2) is 0 Å². The second-order valence-electron chi connectivity index (χ2n) is 10.4. The minimum atomic E-state index is 0.422. The third kappa shape index (κ3) is 5.93. The Kier molecular flexibility index (Phi) is 7.71. The van der Waals surface area contributed by atoms with E-state index in [2.05, 4.69) is 0 Å². The highest BCUT2D eigenvalue weighted by molar-refractivity contribution is 4.85. The molecule has 4 aliphatic rings. The average Bonchev–Trinajstić information content (AvgIpc) is 2.73. The third-order valence-corrected chi connectivity index (χ3v) is 8.31. The molecule has 4 fully saturated rings. The standard InChI is InChI=1S/C24H44N2O2/c25-19-5-13-23(14-6-19)27-21-9-1-17(2-10-21)18-3-11-22(12-4-18)28-24-15-7-20(26)8-16-24/h17-24H,1-16,25-26H2. The topological polar surface area (TPSA) is 70.5 Å². The van der Waals surface area contributed by atoms with E-state index in [4.69, 9.17) is 20.9 Å². The fraction of sp³-hybridized carbons (Fsp3) is 1.00. The second-order valence-corrected chi connectivity index (χ2v) is 10.4. The van der Waals surface area contributed by atoms with E-state index in [0.717, 1.165) is 37.5 Å². The fourth-order valence-electron chi connectivity index (χ4n) is 6.39. The van der Waals surface area contributed by atoms with Crippen LogP contribution in [-0.4, -0.2) is 36.5 Å². The molecule has 4 saturated carbocycles. The van der Waals surface area contributed by atoms with Gasteiger partial charge in [0, 0.05) is 12.1 Å². The summed E-state index contributed by atoms with van der Waals surface area (Å²) in [6, 6.07) is 0.843. The van der Waals surface area contributed by atoms with Crippen molar-refractivity contribution in [1.82, 2.24) is 0 Å². The zero-order valence-electron chi connectivity index (χ0n) is 17.9. The Morgan fingerprint density at radius 3 is 0.893 bits per heavy atom. The van der Waals surface area contributed by atoms with Gasteiger partial charge in [-0.15, -0.1) is 0 Å². The first kappa shape index (κ1) is 21.1. The van der Waals surface area contributed by atoms with Gasteiger partial charge in [0.2, 0.25) is 0 Å². The molecule has 0 amide bonds. The molecule has 4 aliphatic carbocycles. The maximum absolute atomic E-state index is 6.44. The van der Waals surface area contributed by atoms with E-state index in [9.17, 15) is 0 Å². The van der Waals surface area contributed by atoms with E-state index in [-0.39, 0.29) is 0 Å². The lowest BCUT2D eigenvalue weighted by Gasteiger charge is -2.40. The molecule has 0 aromatic heterocycles. The van der Waals surface area contributed by atoms with Gasteiger partial charge in [0.1, 0.15) is 0 Å². The Morgan fingerprint density at radius 2 is 0.607 bits per heavy atom. The normalized spacial score (nSPS) is 45.6. The van der Waals surface area contributed by atoms with Gasteiger partial charge in [0.15, 0.2) is 0 Å². The van der Waals surface area contributed by atoms with Crippen LogP contribution in [0.2, 0.25) is 0 Å². The number of nitrogens with two attached hydrogens (primary N) is 2. The van der Waals surface area contributed by atoms with Crippen LogP contribution < -0.4 is 11.5 Å². The minimum Gasteiger partial charge on any atom is -0.375 e. The Hall–Kier alpha value is -0.160. The van der Waals surface area contributed by atoms with Crippen molar-refractivity contribution in [2.45, 2.75) is 139 Å². The molecule has 4 N–H and O–H groups in total. The van der Waals surface area contributed by atoms with Crippen molar-refractivity contribution >= 4 is 0 Å². The molecule has 0 unspecified atom stereocenters. The SMILES string of the molecule is NC1CCC(OC2CCC(C3CCC(OC4CCC(N)CC4)CC3)CC2)CC1. The highest BCUT2D eigenvalue weighted by atomic mass is 16.5. The zero-order chi connectivity index (χ0) is 19.3. The smallest absolute Gasteiger partial charge is 0.0580 e. The molecule has 28 heavy (non-hydrogen) atoms. The lowest BCUT2D eigenvalue weighted by Crippen LogP contribution is -2.36. The van der Waals surface area contributed by atoms with Crippen molar-refractivity contribution in [3.63, 3.8) is 0 Å². The fourth-order valence-corrected chi connectivity index (χ4v) is 6.39. The highest BCUT2D eigenvalue weighted by Crippen LogP contribution is 2.40. The van der Waals surface area contributed by atoms with Gasteiger partial charge in [-0.25, -0.2) is 0 Å². The Balaban J connectivity index is 1.11. The van der Waals surface area contributed by atoms with Crippen LogP contribution in [0.3, 0.4) is 0 Å². The van der Waals surface area contributed by atoms with Crippen LogP contribution in [0, 0.1) is 11.8 Å². The maximum Gasteiger partial charge on any atom is 0.0580 e. The van der Waals surface area contributed by atoms with Gasteiger partial charge in [-0.05, 0) is 115 Å². The predicted octanol–water partition coefficient (Wildman–Crippen LogP) is 4.68. The summed E-state index contributed by atoms with van der Waals surface area (Å²) in [6.07, 6.45) is 22.0. The number of hydrogen-bond donors (Lipinski definition) is 2. The predicted molar refractivity (Wildman–Crippen MR) is 114 cm³/mol. The second kappa shape index (κ2) is 10.2. The summed E-state index contributed by atoms with van der Waals surface area (Å²) in [7, 11) is 0. The molecule has 0 radical (unpaired) electrons. The first-order valence-corrected chi connectivity index (χ1v) is 12.5. The summed E-state index contributed by atoms with van der Waals surface area (Å²) in [5.41, 5.74) is 12.1. The molecule has 0 aliphatic heterocycles. The van der Waals surface area contributed by atoms with Crippen molar-refractivity contribution < 1.29 is 9.47 Å². The van der Waals surface area contributed by atoms with Gasteiger partial charge >= 0.3 is 0 Å². The van der Waals surface area contributed by atoms with Crippen LogP contribution in [0.1, 0.15) is 103 Å². The first-order valence-electron chi connectivity index (χ1n) is 12.5. The molecule has 0 aromatic rings. The van der Waals surface area contributed by atoms with Gasteiger partial charge in [0.25, 0.3) is 0 Å². The van der Waals surface area contributed by atoms with Crippen LogP contribution >= 0.6 is 0 Å². The van der Waals surface area contributed by atoms with Gasteiger partial charge < -0.3 is 20.9 Å². The summed E-state index contributed by atoms with van der Waals surface area (Å²) in [5.74, 6) is 1.88. The molecule has 0 aromatic carbocycles. The summed E-state index contributed by atoms with van der Waals surface area (Å²) < 4.78 is 12.9. The van der Waals surface area contributed by atoms with Crippen LogP contribution in [0.4, 0.5) is 0 Å². The lowest BCUT2D eigenvalue weighted by atomic mass is 9.72. The highest BCUT2D eigenvalue weighted by Gasteiger charge is 2.33. The van der Waals surface area contributed by atoms with Crippen molar-refractivity contribution in [1.29, 1.82) is 0 Å². The van der Waals surface area contributed by atoms with Crippen LogP contribution in [0.5, 0.6) is 0 Å². The molecule has 4 rings (SSSR count). The molecule has 0 heterocycles. The van der Waals surface area contributed by atoms with E-state index < -0.39 is 0 Å². The van der Waals surface area contributed by atoms with Crippen LogP contribution in [-0.2, 0) is 9.47 Å². The molecule has 0 bridgehead atoms. The van der Waals surface area contributed by atoms with Crippen molar-refractivity contribution in [3.8, 4) is 0 Å². The largest absolute Gasteiger partial charge is 0.375 e. The van der Waals surface area contributed by atoms with E-state index in [0.29, 0.717) is 36.5 Å². The van der Waals surface area contributed by atoms with Crippen molar-refractivity contribution in [3.05, 3.63) is 0 Å². The molecule has 4 nitrogen and oxygen atoms in total. The molecule has 4 heteroatoms. The van der Waals surface area contributed by atoms with E-state index in [1.54, 1.807) is 0 Å². The number of rotatable bonds is 5. The molecule has 0 saturated heterocycles. The first-order chi connectivity index (χ1) is 13.7. The van der Waals surface area contributed by atoms with Gasteiger partial charge in [0.05, 0.1) is 24.4 Å². The molecular formula is C24H44N2O2. The van der Waals surface area contributed by atoms with Gasteiger partial charge in [-0.3, -0.25) is 0 Å². The average molecular weight is 393 g/mol. The third-order valence-electron chi connectivity index (χ3n) is 8.31. The van der Waals surface area contributed by atoms with E-state index in [1.807, 2.05) is 0 Å². The zero-order valence-corrected chi connectivity index (χ0v) is 17.9. The summed E-state index contributed by atoms with van der Waals surface area (Å²) >= 11 is 0. The maximum atomic E-state index is 6.44. The minimum absolute atomic E-state index is 0.422. The van der Waals surface area contributed by atoms with Gasteiger partial charge in [-0.2, -0.15) is 0 Å². The summed E-state index contributed by atoms with van der Waals surface area (Å²) in [6.45, 7) is 0. The molecule has 0 spiro atoms. The Bertz CT molecular complexity index is 400. The molecule has 0 atom stereocenters. The number of ether oxygens (including phenoxy) is 2. The monoisotopic (exact) mass is 392 g/mol. The van der Waals surface area contributed by atoms with Crippen LogP contribution in [0.25, 0.3) is 0 Å². The van der Waals surface area contributed by atoms with Crippen molar-refractivity contribution in [2.75, 3.05) is 0 Å². The van der Waals surface area contributed by atoms with E-state index in [1.165, 1.54) is 77.0 Å². The number of hydrogen-bond acceptors (Lipinski definition) is 4.